The summed E-state index contributed by atoms with van der Waals surface area (Å²) < 4.78 is 2.83. The lowest BCUT2D eigenvalue weighted by Crippen LogP contribution is -2.02. The third-order valence-corrected chi connectivity index (χ3v) is 3.40. The number of aryl methyl sites for hydroxylation is 2. The first kappa shape index (κ1) is 11.2. The standard InChI is InChI=1S/C12H14BrN3/c1-3-9-6-12(14)16(15-9)10-5-4-8(2)11(13)7-10/h4-7H,3,14H2,1-2H3. The predicted molar refractivity (Wildman–Crippen MR) is 69.8 cm³/mol. The largest absolute Gasteiger partial charge is 0.384 e. The third kappa shape index (κ3) is 1.97. The summed E-state index contributed by atoms with van der Waals surface area (Å²) >= 11 is 3.51. The van der Waals surface area contributed by atoms with Gasteiger partial charge in [-0.05, 0) is 31.0 Å². The van der Waals surface area contributed by atoms with Crippen molar-refractivity contribution < 1.29 is 0 Å². The van der Waals surface area contributed by atoms with Crippen LogP contribution in [0.4, 0.5) is 5.82 Å². The van der Waals surface area contributed by atoms with Crippen molar-refractivity contribution in [1.82, 2.24) is 9.78 Å². The Morgan fingerprint density at radius 1 is 1.38 bits per heavy atom. The summed E-state index contributed by atoms with van der Waals surface area (Å²) in [5.41, 5.74) is 9.11. The normalized spacial score (nSPS) is 10.7. The molecule has 2 N–H and O–H groups in total. The molecule has 0 unspecified atom stereocenters. The van der Waals surface area contributed by atoms with Crippen molar-refractivity contribution in [2.45, 2.75) is 20.3 Å². The SMILES string of the molecule is CCc1cc(N)n(-c2ccc(C)c(Br)c2)n1. The van der Waals surface area contributed by atoms with Crippen molar-refractivity contribution in [3.8, 4) is 5.69 Å². The molecule has 0 spiro atoms. The highest BCUT2D eigenvalue weighted by molar-refractivity contribution is 9.10. The topological polar surface area (TPSA) is 43.8 Å². The molecular formula is C12H14BrN3. The number of anilines is 1. The van der Waals surface area contributed by atoms with Crippen LogP contribution in [0.1, 0.15) is 18.2 Å². The van der Waals surface area contributed by atoms with Gasteiger partial charge in [-0.1, -0.05) is 28.9 Å². The van der Waals surface area contributed by atoms with E-state index in [2.05, 4.69) is 34.9 Å². The monoisotopic (exact) mass is 279 g/mol. The van der Waals surface area contributed by atoms with Crippen LogP contribution in [0, 0.1) is 6.92 Å². The van der Waals surface area contributed by atoms with Crippen LogP contribution in [-0.4, -0.2) is 9.78 Å². The maximum atomic E-state index is 5.92. The Morgan fingerprint density at radius 3 is 2.69 bits per heavy atom. The number of aromatic nitrogens is 2. The van der Waals surface area contributed by atoms with Gasteiger partial charge in [-0.2, -0.15) is 5.10 Å². The predicted octanol–water partition coefficient (Wildman–Crippen LogP) is 3.09. The summed E-state index contributed by atoms with van der Waals surface area (Å²) in [6.07, 6.45) is 0.893. The van der Waals surface area contributed by atoms with Crippen LogP contribution < -0.4 is 5.73 Å². The van der Waals surface area contributed by atoms with Crippen molar-refractivity contribution in [2.24, 2.45) is 0 Å². The first-order valence-corrected chi connectivity index (χ1v) is 6.02. The maximum Gasteiger partial charge on any atom is 0.127 e. The molecule has 0 radical (unpaired) electrons. The molecule has 1 aromatic carbocycles. The molecule has 84 valence electrons. The maximum absolute atomic E-state index is 5.92. The van der Waals surface area contributed by atoms with E-state index < -0.39 is 0 Å². The van der Waals surface area contributed by atoms with Gasteiger partial charge in [-0.15, -0.1) is 0 Å². The minimum absolute atomic E-state index is 0.674. The highest BCUT2D eigenvalue weighted by Gasteiger charge is 2.06. The molecule has 0 atom stereocenters. The number of benzene rings is 1. The van der Waals surface area contributed by atoms with Gasteiger partial charge in [-0.3, -0.25) is 0 Å². The van der Waals surface area contributed by atoms with Gasteiger partial charge in [0.15, 0.2) is 0 Å². The van der Waals surface area contributed by atoms with E-state index in [1.807, 2.05) is 24.3 Å². The van der Waals surface area contributed by atoms with Gasteiger partial charge < -0.3 is 5.73 Å². The van der Waals surface area contributed by atoms with E-state index in [0.717, 1.165) is 22.3 Å². The zero-order valence-electron chi connectivity index (χ0n) is 9.37. The van der Waals surface area contributed by atoms with Gasteiger partial charge in [0.05, 0.1) is 11.4 Å². The lowest BCUT2D eigenvalue weighted by atomic mass is 10.2. The Morgan fingerprint density at radius 2 is 2.12 bits per heavy atom. The molecular weight excluding hydrogens is 266 g/mol. The Hall–Kier alpha value is -1.29. The first-order valence-electron chi connectivity index (χ1n) is 5.22. The molecule has 0 aliphatic heterocycles. The van der Waals surface area contributed by atoms with Gasteiger partial charge in [0, 0.05) is 10.5 Å². The lowest BCUT2D eigenvalue weighted by molar-refractivity contribution is 0.848. The van der Waals surface area contributed by atoms with E-state index >= 15 is 0 Å². The zero-order chi connectivity index (χ0) is 11.7. The molecule has 0 saturated heterocycles. The molecule has 0 fully saturated rings. The second-order valence-corrected chi connectivity index (χ2v) is 4.61. The van der Waals surface area contributed by atoms with E-state index in [1.54, 1.807) is 4.68 Å². The van der Waals surface area contributed by atoms with Crippen molar-refractivity contribution in [1.29, 1.82) is 0 Å². The van der Waals surface area contributed by atoms with E-state index in [1.165, 1.54) is 5.56 Å². The smallest absolute Gasteiger partial charge is 0.127 e. The fourth-order valence-corrected chi connectivity index (χ4v) is 1.91. The summed E-state index contributed by atoms with van der Waals surface area (Å²) in [4.78, 5) is 0. The first-order chi connectivity index (χ1) is 7.61. The molecule has 2 rings (SSSR count). The number of nitrogen functional groups attached to an aromatic ring is 1. The van der Waals surface area contributed by atoms with Crippen LogP contribution in [0.2, 0.25) is 0 Å². The second-order valence-electron chi connectivity index (χ2n) is 3.76. The molecule has 3 nitrogen and oxygen atoms in total. The van der Waals surface area contributed by atoms with Gasteiger partial charge in [0.25, 0.3) is 0 Å². The molecule has 4 heteroatoms. The Bertz CT molecular complexity index is 517. The van der Waals surface area contributed by atoms with Crippen LogP contribution in [0.5, 0.6) is 0 Å². The highest BCUT2D eigenvalue weighted by atomic mass is 79.9. The Kier molecular flexibility index (Phi) is 3.01. The summed E-state index contributed by atoms with van der Waals surface area (Å²) in [6, 6.07) is 8.00. The molecule has 1 aromatic heterocycles. The molecule has 2 aromatic rings. The number of rotatable bonds is 2. The quantitative estimate of drug-likeness (QED) is 0.918. The molecule has 0 bridgehead atoms. The fourth-order valence-electron chi connectivity index (χ4n) is 1.54. The average molecular weight is 280 g/mol. The summed E-state index contributed by atoms with van der Waals surface area (Å²) in [7, 11) is 0. The zero-order valence-corrected chi connectivity index (χ0v) is 11.0. The van der Waals surface area contributed by atoms with Gasteiger partial charge in [0.2, 0.25) is 0 Å². The minimum Gasteiger partial charge on any atom is -0.384 e. The van der Waals surface area contributed by atoms with Crippen molar-refractivity contribution in [3.63, 3.8) is 0 Å². The summed E-state index contributed by atoms with van der Waals surface area (Å²) in [5, 5.41) is 4.44. The molecule has 1 heterocycles. The third-order valence-electron chi connectivity index (χ3n) is 2.55. The highest BCUT2D eigenvalue weighted by Crippen LogP contribution is 2.22. The number of hydrogen-bond donors (Lipinski definition) is 1. The van der Waals surface area contributed by atoms with Crippen LogP contribution >= 0.6 is 15.9 Å². The van der Waals surface area contributed by atoms with Gasteiger partial charge in [-0.25, -0.2) is 4.68 Å². The summed E-state index contributed by atoms with van der Waals surface area (Å²) in [5.74, 6) is 0.674. The van der Waals surface area contributed by atoms with E-state index in [4.69, 9.17) is 5.73 Å². The van der Waals surface area contributed by atoms with Crippen LogP contribution in [-0.2, 0) is 6.42 Å². The van der Waals surface area contributed by atoms with Crippen LogP contribution in [0.3, 0.4) is 0 Å². The summed E-state index contributed by atoms with van der Waals surface area (Å²) in [6.45, 7) is 4.12. The van der Waals surface area contributed by atoms with Crippen molar-refractivity contribution in [2.75, 3.05) is 5.73 Å². The van der Waals surface area contributed by atoms with E-state index in [-0.39, 0.29) is 0 Å². The molecule has 0 saturated carbocycles. The number of nitrogens with zero attached hydrogens (tertiary/aromatic N) is 2. The number of halogens is 1. The van der Waals surface area contributed by atoms with Gasteiger partial charge >= 0.3 is 0 Å². The van der Waals surface area contributed by atoms with Gasteiger partial charge in [0.1, 0.15) is 5.82 Å². The number of hydrogen-bond acceptors (Lipinski definition) is 2. The molecule has 0 aliphatic rings. The number of nitrogens with two attached hydrogens (primary N) is 1. The lowest BCUT2D eigenvalue weighted by Gasteiger charge is -2.05. The Balaban J connectivity index is 2.49. The van der Waals surface area contributed by atoms with Crippen LogP contribution in [0.15, 0.2) is 28.7 Å². The van der Waals surface area contributed by atoms with Crippen molar-refractivity contribution >= 4 is 21.7 Å². The fraction of sp³-hybridized carbons (Fsp3) is 0.250. The van der Waals surface area contributed by atoms with Crippen molar-refractivity contribution in [3.05, 3.63) is 40.0 Å². The van der Waals surface area contributed by atoms with E-state index in [0.29, 0.717) is 5.82 Å². The van der Waals surface area contributed by atoms with Crippen LogP contribution in [0.25, 0.3) is 5.69 Å². The molecule has 0 aliphatic carbocycles. The molecule has 16 heavy (non-hydrogen) atoms. The second kappa shape index (κ2) is 4.29. The molecule has 0 amide bonds. The average Bonchev–Trinajstić information content (AvgIpc) is 2.64. The Labute approximate surface area is 103 Å². The minimum atomic E-state index is 0.674. The van der Waals surface area contributed by atoms with E-state index in [9.17, 15) is 0 Å².